The molecular weight excluding hydrogens is 347 g/mol. The molecule has 0 aliphatic heterocycles. The summed E-state index contributed by atoms with van der Waals surface area (Å²) in [5.41, 5.74) is 1.18. The average molecular weight is 358 g/mol. The van der Waals surface area contributed by atoms with Gasteiger partial charge < -0.3 is 4.52 Å². The number of rotatable bonds is 4. The SMILES string of the molecule is Cc1ccc(-c2noc(CSc3ncnc4sccc34)n2)cc1F. The van der Waals surface area contributed by atoms with Gasteiger partial charge >= 0.3 is 0 Å². The molecule has 3 aromatic heterocycles. The van der Waals surface area contributed by atoms with Crippen molar-refractivity contribution >= 4 is 33.3 Å². The van der Waals surface area contributed by atoms with E-state index in [4.69, 9.17) is 4.52 Å². The summed E-state index contributed by atoms with van der Waals surface area (Å²) in [5.74, 6) is 1.06. The highest BCUT2D eigenvalue weighted by molar-refractivity contribution is 7.98. The summed E-state index contributed by atoms with van der Waals surface area (Å²) in [5, 5.41) is 7.81. The van der Waals surface area contributed by atoms with E-state index in [2.05, 4.69) is 20.1 Å². The highest BCUT2D eigenvalue weighted by Gasteiger charge is 2.12. The van der Waals surface area contributed by atoms with Gasteiger partial charge in [0.05, 0.1) is 5.75 Å². The Kier molecular flexibility index (Phi) is 3.99. The zero-order valence-electron chi connectivity index (χ0n) is 12.6. The van der Waals surface area contributed by atoms with Crippen LogP contribution in [0.1, 0.15) is 11.5 Å². The summed E-state index contributed by atoms with van der Waals surface area (Å²) >= 11 is 3.08. The van der Waals surface area contributed by atoms with Crippen molar-refractivity contribution in [1.29, 1.82) is 0 Å². The van der Waals surface area contributed by atoms with Crippen molar-refractivity contribution in [2.24, 2.45) is 0 Å². The molecule has 5 nitrogen and oxygen atoms in total. The molecule has 0 unspecified atom stereocenters. The number of thiophene rings is 1. The topological polar surface area (TPSA) is 64.7 Å². The van der Waals surface area contributed by atoms with Gasteiger partial charge in [0.25, 0.3) is 0 Å². The van der Waals surface area contributed by atoms with E-state index in [0.29, 0.717) is 28.6 Å². The number of hydrogen-bond donors (Lipinski definition) is 0. The molecule has 4 rings (SSSR count). The van der Waals surface area contributed by atoms with Gasteiger partial charge in [0.1, 0.15) is 22.0 Å². The van der Waals surface area contributed by atoms with Crippen LogP contribution in [0.15, 0.2) is 45.5 Å². The molecule has 24 heavy (non-hydrogen) atoms. The molecule has 1 aromatic carbocycles. The molecule has 0 amide bonds. The first kappa shape index (κ1) is 15.2. The van der Waals surface area contributed by atoms with E-state index in [-0.39, 0.29) is 5.82 Å². The number of fused-ring (bicyclic) bond motifs is 1. The van der Waals surface area contributed by atoms with Gasteiger partial charge in [0.2, 0.25) is 11.7 Å². The lowest BCUT2D eigenvalue weighted by Gasteiger charge is -1.99. The number of thioether (sulfide) groups is 1. The van der Waals surface area contributed by atoms with Gasteiger partial charge in [0, 0.05) is 10.9 Å². The first-order valence-electron chi connectivity index (χ1n) is 7.11. The van der Waals surface area contributed by atoms with Gasteiger partial charge in [-0.15, -0.1) is 11.3 Å². The summed E-state index contributed by atoms with van der Waals surface area (Å²) in [4.78, 5) is 13.8. The molecular formula is C16H11FN4OS2. The van der Waals surface area contributed by atoms with Gasteiger partial charge in [-0.3, -0.25) is 0 Å². The summed E-state index contributed by atoms with van der Waals surface area (Å²) in [6.45, 7) is 1.71. The smallest absolute Gasteiger partial charge is 0.237 e. The molecule has 120 valence electrons. The van der Waals surface area contributed by atoms with E-state index in [1.807, 2.05) is 11.4 Å². The molecule has 0 atom stereocenters. The molecule has 0 bridgehead atoms. The number of aromatic nitrogens is 4. The fourth-order valence-electron chi connectivity index (χ4n) is 2.18. The summed E-state index contributed by atoms with van der Waals surface area (Å²) in [6.07, 6.45) is 1.55. The predicted octanol–water partition coefficient (Wildman–Crippen LogP) is 4.48. The van der Waals surface area contributed by atoms with Gasteiger partial charge in [-0.05, 0) is 30.0 Å². The minimum Gasteiger partial charge on any atom is -0.338 e. The van der Waals surface area contributed by atoms with Crippen molar-refractivity contribution in [3.63, 3.8) is 0 Å². The third-order valence-electron chi connectivity index (χ3n) is 3.46. The highest BCUT2D eigenvalue weighted by atomic mass is 32.2. The van der Waals surface area contributed by atoms with Crippen LogP contribution in [0, 0.1) is 12.7 Å². The zero-order valence-corrected chi connectivity index (χ0v) is 14.2. The second kappa shape index (κ2) is 6.29. The Morgan fingerprint density at radius 3 is 3.04 bits per heavy atom. The van der Waals surface area contributed by atoms with Gasteiger partial charge in [-0.1, -0.05) is 29.1 Å². The number of halogens is 1. The van der Waals surface area contributed by atoms with Crippen molar-refractivity contribution in [3.05, 3.63) is 53.2 Å². The quantitative estimate of drug-likeness (QED) is 0.396. The van der Waals surface area contributed by atoms with E-state index >= 15 is 0 Å². The molecule has 8 heteroatoms. The van der Waals surface area contributed by atoms with Crippen LogP contribution in [-0.4, -0.2) is 20.1 Å². The van der Waals surface area contributed by atoms with Crippen LogP contribution in [-0.2, 0) is 5.75 Å². The lowest BCUT2D eigenvalue weighted by Crippen LogP contribution is -1.87. The minimum atomic E-state index is -0.283. The monoisotopic (exact) mass is 358 g/mol. The second-order valence-electron chi connectivity index (χ2n) is 5.08. The molecule has 0 aliphatic carbocycles. The van der Waals surface area contributed by atoms with Crippen molar-refractivity contribution < 1.29 is 8.91 Å². The Hall–Kier alpha value is -2.32. The number of benzene rings is 1. The maximum atomic E-state index is 13.7. The highest BCUT2D eigenvalue weighted by Crippen LogP contribution is 2.30. The van der Waals surface area contributed by atoms with Crippen molar-refractivity contribution in [3.8, 4) is 11.4 Å². The Morgan fingerprint density at radius 1 is 1.25 bits per heavy atom. The summed E-state index contributed by atoms with van der Waals surface area (Å²) in [7, 11) is 0. The van der Waals surface area contributed by atoms with Crippen LogP contribution in [0.4, 0.5) is 4.39 Å². The van der Waals surface area contributed by atoms with E-state index < -0.39 is 0 Å². The van der Waals surface area contributed by atoms with E-state index in [1.165, 1.54) is 17.8 Å². The standard InChI is InChI=1S/C16H11FN4OS2/c1-9-2-3-10(6-12(9)17)14-20-13(22-21-14)7-24-16-11-4-5-23-15(11)18-8-19-16/h2-6,8H,7H2,1H3. The van der Waals surface area contributed by atoms with Crippen molar-refractivity contribution in [2.45, 2.75) is 17.7 Å². The van der Waals surface area contributed by atoms with Crippen LogP contribution >= 0.6 is 23.1 Å². The first-order valence-corrected chi connectivity index (χ1v) is 8.97. The average Bonchev–Trinajstić information content (AvgIpc) is 3.24. The minimum absolute atomic E-state index is 0.283. The summed E-state index contributed by atoms with van der Waals surface area (Å²) in [6, 6.07) is 6.89. The molecule has 0 spiro atoms. The fraction of sp³-hybridized carbons (Fsp3) is 0.125. The van der Waals surface area contributed by atoms with E-state index in [0.717, 1.165) is 15.2 Å². The van der Waals surface area contributed by atoms with Crippen molar-refractivity contribution in [1.82, 2.24) is 20.1 Å². The maximum Gasteiger partial charge on any atom is 0.237 e. The number of nitrogens with zero attached hydrogens (tertiary/aromatic N) is 4. The van der Waals surface area contributed by atoms with Crippen LogP contribution in [0.3, 0.4) is 0 Å². The van der Waals surface area contributed by atoms with Gasteiger partial charge in [-0.2, -0.15) is 4.98 Å². The predicted molar refractivity (Wildman–Crippen MR) is 91.4 cm³/mol. The Labute approximate surface area is 145 Å². The summed E-state index contributed by atoms with van der Waals surface area (Å²) < 4.78 is 18.9. The maximum absolute atomic E-state index is 13.7. The number of aryl methyl sites for hydroxylation is 1. The van der Waals surface area contributed by atoms with Crippen molar-refractivity contribution in [2.75, 3.05) is 0 Å². The fourth-order valence-corrected chi connectivity index (χ4v) is 3.79. The molecule has 0 saturated carbocycles. The largest absolute Gasteiger partial charge is 0.338 e. The molecule has 0 N–H and O–H groups in total. The van der Waals surface area contributed by atoms with Crippen LogP contribution in [0.5, 0.6) is 0 Å². The Bertz CT molecular complexity index is 1010. The molecule has 3 heterocycles. The molecule has 0 aliphatic rings. The normalized spacial score (nSPS) is 11.2. The van der Waals surface area contributed by atoms with Gasteiger partial charge in [0.15, 0.2) is 0 Å². The number of hydrogen-bond acceptors (Lipinski definition) is 7. The van der Waals surface area contributed by atoms with Crippen LogP contribution in [0.2, 0.25) is 0 Å². The lowest BCUT2D eigenvalue weighted by atomic mass is 10.1. The second-order valence-corrected chi connectivity index (χ2v) is 6.94. The zero-order chi connectivity index (χ0) is 16.5. The molecule has 0 radical (unpaired) electrons. The third-order valence-corrected chi connectivity index (χ3v) is 5.27. The molecule has 0 saturated heterocycles. The van der Waals surface area contributed by atoms with Crippen LogP contribution < -0.4 is 0 Å². The van der Waals surface area contributed by atoms with E-state index in [9.17, 15) is 4.39 Å². The third kappa shape index (κ3) is 2.90. The first-order chi connectivity index (χ1) is 11.7. The molecule has 0 fully saturated rings. The Balaban J connectivity index is 1.53. The van der Waals surface area contributed by atoms with Gasteiger partial charge in [-0.25, -0.2) is 14.4 Å². The molecule has 4 aromatic rings. The Morgan fingerprint density at radius 2 is 2.17 bits per heavy atom. The van der Waals surface area contributed by atoms with E-state index in [1.54, 1.807) is 36.7 Å². The lowest BCUT2D eigenvalue weighted by molar-refractivity contribution is 0.391. The van der Waals surface area contributed by atoms with Crippen LogP contribution in [0.25, 0.3) is 21.6 Å².